The molecule has 1 heterocycles. The number of hydrogen-bond acceptors (Lipinski definition) is 5. The molecule has 140 valence electrons. The molecule has 0 fully saturated rings. The Bertz CT molecular complexity index is 889. The zero-order valence-corrected chi connectivity index (χ0v) is 16.5. The lowest BCUT2D eigenvalue weighted by molar-refractivity contribution is 0.0963. The lowest BCUT2D eigenvalue weighted by atomic mass is 10.1. The molecule has 0 bridgehead atoms. The van der Waals surface area contributed by atoms with Crippen molar-refractivity contribution in [1.82, 2.24) is 15.2 Å². The van der Waals surface area contributed by atoms with Crippen LogP contribution in [0.15, 0.2) is 53.9 Å². The molecule has 0 unspecified atom stereocenters. The molecule has 0 spiro atoms. The summed E-state index contributed by atoms with van der Waals surface area (Å²) in [6, 6.07) is 15.6. The minimum absolute atomic E-state index is 0.0663. The molecule has 3 aromatic rings. The van der Waals surface area contributed by atoms with Crippen LogP contribution in [0.5, 0.6) is 5.75 Å². The third-order valence-corrected chi connectivity index (χ3v) is 5.16. The Morgan fingerprint density at radius 1 is 1.11 bits per heavy atom. The Labute approximate surface area is 163 Å². The molecule has 1 N–H and O–H groups in total. The van der Waals surface area contributed by atoms with Crippen molar-refractivity contribution in [2.75, 3.05) is 21.2 Å². The number of carbonyl (C=O) groups is 1. The molecule has 5 nitrogen and oxygen atoms in total. The van der Waals surface area contributed by atoms with Gasteiger partial charge in [-0.1, -0.05) is 12.1 Å². The molecule has 27 heavy (non-hydrogen) atoms. The molecular formula is C21H23N3O2S. The van der Waals surface area contributed by atoms with Gasteiger partial charge in [0.1, 0.15) is 10.8 Å². The Morgan fingerprint density at radius 3 is 2.44 bits per heavy atom. The molecule has 2 aromatic carbocycles. The molecule has 0 atom stereocenters. The van der Waals surface area contributed by atoms with Crippen LogP contribution in [-0.4, -0.2) is 37.0 Å². The highest BCUT2D eigenvalue weighted by molar-refractivity contribution is 7.13. The van der Waals surface area contributed by atoms with Crippen molar-refractivity contribution in [3.05, 3.63) is 70.7 Å². The van der Waals surface area contributed by atoms with Gasteiger partial charge in [0.15, 0.2) is 0 Å². The van der Waals surface area contributed by atoms with Gasteiger partial charge < -0.3 is 10.1 Å². The quantitative estimate of drug-likeness (QED) is 0.676. The number of nitrogens with one attached hydrogen (secondary N) is 1. The summed E-state index contributed by atoms with van der Waals surface area (Å²) in [4.78, 5) is 18.6. The monoisotopic (exact) mass is 381 g/mol. The summed E-state index contributed by atoms with van der Waals surface area (Å²) in [6.45, 7) is 1.56. The number of amides is 1. The summed E-state index contributed by atoms with van der Waals surface area (Å²) in [6.07, 6.45) is 0. The van der Waals surface area contributed by atoms with Crippen molar-refractivity contribution in [3.8, 4) is 16.3 Å². The van der Waals surface area contributed by atoms with E-state index in [1.165, 1.54) is 0 Å². The molecule has 0 radical (unpaired) electrons. The Kier molecular flexibility index (Phi) is 6.21. The normalized spacial score (nSPS) is 10.8. The fraction of sp³-hybridized carbons (Fsp3) is 0.238. The topological polar surface area (TPSA) is 54.5 Å². The second kappa shape index (κ2) is 8.79. The molecule has 0 aliphatic carbocycles. The first-order chi connectivity index (χ1) is 13.1. The number of hydrogen-bond donors (Lipinski definition) is 1. The zero-order valence-electron chi connectivity index (χ0n) is 15.7. The van der Waals surface area contributed by atoms with E-state index in [2.05, 4.69) is 22.6 Å². The summed E-state index contributed by atoms with van der Waals surface area (Å²) in [5, 5.41) is 5.74. The van der Waals surface area contributed by atoms with Crippen LogP contribution in [0.25, 0.3) is 10.6 Å². The van der Waals surface area contributed by atoms with Crippen LogP contribution in [0.3, 0.4) is 0 Å². The maximum Gasteiger partial charge on any atom is 0.251 e. The van der Waals surface area contributed by atoms with Crippen LogP contribution in [0.4, 0.5) is 0 Å². The number of aromatic nitrogens is 1. The summed E-state index contributed by atoms with van der Waals surface area (Å²) < 4.78 is 5.20. The van der Waals surface area contributed by atoms with Gasteiger partial charge in [-0.2, -0.15) is 0 Å². The first-order valence-electron chi connectivity index (χ1n) is 8.67. The van der Waals surface area contributed by atoms with E-state index in [9.17, 15) is 4.79 Å². The third-order valence-electron chi connectivity index (χ3n) is 4.22. The maximum absolute atomic E-state index is 11.6. The van der Waals surface area contributed by atoms with Gasteiger partial charge in [0.25, 0.3) is 5.91 Å². The maximum atomic E-state index is 11.6. The Hall–Kier alpha value is -2.70. The van der Waals surface area contributed by atoms with Crippen molar-refractivity contribution in [2.45, 2.75) is 13.1 Å². The fourth-order valence-corrected chi connectivity index (χ4v) is 3.61. The first-order valence-corrected chi connectivity index (χ1v) is 9.55. The lowest BCUT2D eigenvalue weighted by Crippen LogP contribution is -2.19. The highest BCUT2D eigenvalue weighted by atomic mass is 32.1. The number of nitrogens with zero attached hydrogens (tertiary/aromatic N) is 2. The van der Waals surface area contributed by atoms with Gasteiger partial charge in [0, 0.05) is 36.6 Å². The van der Waals surface area contributed by atoms with Crippen LogP contribution in [0.1, 0.15) is 21.6 Å². The number of ether oxygens (including phenoxy) is 1. The van der Waals surface area contributed by atoms with Crippen molar-refractivity contribution in [3.63, 3.8) is 0 Å². The van der Waals surface area contributed by atoms with E-state index in [0.29, 0.717) is 5.56 Å². The fourth-order valence-electron chi connectivity index (χ4n) is 2.80. The van der Waals surface area contributed by atoms with E-state index < -0.39 is 0 Å². The molecular weight excluding hydrogens is 358 g/mol. The van der Waals surface area contributed by atoms with Gasteiger partial charge in [-0.3, -0.25) is 9.69 Å². The van der Waals surface area contributed by atoms with Gasteiger partial charge in [-0.25, -0.2) is 4.98 Å². The molecule has 1 amide bonds. The minimum atomic E-state index is -0.0663. The van der Waals surface area contributed by atoms with Gasteiger partial charge in [0.05, 0.1) is 12.8 Å². The van der Waals surface area contributed by atoms with E-state index in [4.69, 9.17) is 9.72 Å². The van der Waals surface area contributed by atoms with Gasteiger partial charge in [-0.05, 0) is 49.0 Å². The van der Waals surface area contributed by atoms with Crippen LogP contribution >= 0.6 is 11.3 Å². The van der Waals surface area contributed by atoms with Crippen molar-refractivity contribution < 1.29 is 9.53 Å². The van der Waals surface area contributed by atoms with Crippen LogP contribution in [-0.2, 0) is 13.1 Å². The van der Waals surface area contributed by atoms with Crippen LogP contribution in [0.2, 0.25) is 0 Å². The number of thiazole rings is 1. The SMILES string of the molecule is CNC(=O)c1ccc(CN(C)Cc2csc(-c3ccc(OC)cc3)n2)cc1. The summed E-state index contributed by atoms with van der Waals surface area (Å²) in [5.74, 6) is 0.779. The summed E-state index contributed by atoms with van der Waals surface area (Å²) in [7, 11) is 5.37. The smallest absolute Gasteiger partial charge is 0.251 e. The molecule has 0 saturated carbocycles. The molecule has 1 aromatic heterocycles. The first kappa shape index (κ1) is 19.1. The predicted molar refractivity (Wildman–Crippen MR) is 109 cm³/mol. The standard InChI is InChI=1S/C21H23N3O2S/c1-22-20(25)16-6-4-15(5-7-16)12-24(2)13-18-14-27-21(23-18)17-8-10-19(26-3)11-9-17/h4-11,14H,12-13H2,1-3H3,(H,22,25). The Balaban J connectivity index is 1.60. The van der Waals surface area contributed by atoms with Crippen LogP contribution in [0, 0.1) is 0 Å². The number of carbonyl (C=O) groups excluding carboxylic acids is 1. The zero-order chi connectivity index (χ0) is 19.2. The molecule has 0 saturated heterocycles. The average Bonchev–Trinajstić information content (AvgIpc) is 3.16. The second-order valence-corrected chi connectivity index (χ2v) is 7.18. The van der Waals surface area contributed by atoms with Gasteiger partial charge in [-0.15, -0.1) is 11.3 Å². The largest absolute Gasteiger partial charge is 0.497 e. The highest BCUT2D eigenvalue weighted by Crippen LogP contribution is 2.26. The predicted octanol–water partition coefficient (Wildman–Crippen LogP) is 3.81. The van der Waals surface area contributed by atoms with Gasteiger partial charge in [0.2, 0.25) is 0 Å². The number of rotatable bonds is 7. The van der Waals surface area contributed by atoms with Gasteiger partial charge >= 0.3 is 0 Å². The highest BCUT2D eigenvalue weighted by Gasteiger charge is 2.09. The van der Waals surface area contributed by atoms with Crippen molar-refractivity contribution >= 4 is 17.2 Å². The minimum Gasteiger partial charge on any atom is -0.497 e. The average molecular weight is 382 g/mol. The molecule has 6 heteroatoms. The number of benzene rings is 2. The van der Waals surface area contributed by atoms with E-state index >= 15 is 0 Å². The van der Waals surface area contributed by atoms with Crippen molar-refractivity contribution in [1.29, 1.82) is 0 Å². The number of methoxy groups -OCH3 is 1. The molecule has 3 rings (SSSR count). The lowest BCUT2D eigenvalue weighted by Gasteiger charge is -2.15. The van der Waals surface area contributed by atoms with Crippen molar-refractivity contribution in [2.24, 2.45) is 0 Å². The summed E-state index contributed by atoms with van der Waals surface area (Å²) in [5.41, 5.74) is 3.98. The van der Waals surface area contributed by atoms with E-state index in [1.54, 1.807) is 25.5 Å². The van der Waals surface area contributed by atoms with Crippen LogP contribution < -0.4 is 10.1 Å². The Morgan fingerprint density at radius 2 is 1.81 bits per heavy atom. The molecule has 0 aliphatic rings. The second-order valence-electron chi connectivity index (χ2n) is 6.32. The van der Waals surface area contributed by atoms with E-state index in [-0.39, 0.29) is 5.91 Å². The van der Waals surface area contributed by atoms with E-state index in [1.807, 2.05) is 48.5 Å². The van der Waals surface area contributed by atoms with E-state index in [0.717, 1.165) is 40.7 Å². The molecule has 0 aliphatic heterocycles. The summed E-state index contributed by atoms with van der Waals surface area (Å²) >= 11 is 1.65. The third kappa shape index (κ3) is 4.93.